The maximum Gasteiger partial charge on any atom is 0.123 e. The summed E-state index contributed by atoms with van der Waals surface area (Å²) in [7, 11) is 0. The number of aliphatic hydroxyl groups excluding tert-OH is 1. The summed E-state index contributed by atoms with van der Waals surface area (Å²) in [6.45, 7) is 0.830. The Hall–Kier alpha value is -0.930. The number of hydrogen-bond acceptors (Lipinski definition) is 2. The smallest absolute Gasteiger partial charge is 0.123 e. The quantitative estimate of drug-likeness (QED) is 0.672. The van der Waals surface area contributed by atoms with Crippen molar-refractivity contribution in [3.05, 3.63) is 35.1 Å². The number of fused-ring (bicyclic) bond motifs is 1. The lowest BCUT2D eigenvalue weighted by molar-refractivity contribution is 0.235. The van der Waals surface area contributed by atoms with Crippen molar-refractivity contribution in [2.75, 3.05) is 6.61 Å². The largest absolute Gasteiger partial charge is 0.395 e. The van der Waals surface area contributed by atoms with Crippen LogP contribution < -0.4 is 5.32 Å². The van der Waals surface area contributed by atoms with Crippen molar-refractivity contribution in [2.45, 2.75) is 19.0 Å². The third-order valence-corrected chi connectivity index (χ3v) is 2.44. The average Bonchev–Trinajstić information content (AvgIpc) is 2.16. The first-order valence-corrected chi connectivity index (χ1v) is 4.41. The lowest BCUT2D eigenvalue weighted by atomic mass is 9.96. The summed E-state index contributed by atoms with van der Waals surface area (Å²) in [4.78, 5) is 0. The molecule has 0 unspecified atom stereocenters. The van der Waals surface area contributed by atoms with Gasteiger partial charge in [-0.3, -0.25) is 0 Å². The molecule has 0 spiro atoms. The van der Waals surface area contributed by atoms with E-state index in [1.807, 2.05) is 0 Å². The third-order valence-electron chi connectivity index (χ3n) is 2.44. The van der Waals surface area contributed by atoms with Gasteiger partial charge in [0.1, 0.15) is 5.82 Å². The normalized spacial score (nSPS) is 21.2. The average molecular weight is 181 g/mol. The van der Waals surface area contributed by atoms with Gasteiger partial charge in [-0.15, -0.1) is 0 Å². The number of rotatable bonds is 1. The zero-order valence-electron chi connectivity index (χ0n) is 7.26. The molecule has 0 aromatic heterocycles. The Morgan fingerprint density at radius 3 is 3.08 bits per heavy atom. The van der Waals surface area contributed by atoms with Crippen molar-refractivity contribution < 1.29 is 9.50 Å². The zero-order valence-corrected chi connectivity index (χ0v) is 7.26. The van der Waals surface area contributed by atoms with Crippen LogP contribution >= 0.6 is 0 Å². The number of halogens is 1. The molecule has 2 nitrogen and oxygen atoms in total. The van der Waals surface area contributed by atoms with Crippen LogP contribution in [0.4, 0.5) is 4.39 Å². The number of aliphatic hydroxyl groups is 1. The maximum atomic E-state index is 12.8. The van der Waals surface area contributed by atoms with Crippen LogP contribution in [0.5, 0.6) is 0 Å². The molecule has 0 aliphatic carbocycles. The second-order valence-electron chi connectivity index (χ2n) is 3.38. The van der Waals surface area contributed by atoms with Gasteiger partial charge in [0.25, 0.3) is 0 Å². The highest BCUT2D eigenvalue weighted by Gasteiger charge is 2.16. The first kappa shape index (κ1) is 8.66. The monoisotopic (exact) mass is 181 g/mol. The van der Waals surface area contributed by atoms with E-state index in [1.54, 1.807) is 12.1 Å². The van der Waals surface area contributed by atoms with Crippen LogP contribution in [0.15, 0.2) is 18.2 Å². The SMILES string of the molecule is OC[C@@H]1Cc2cc(F)ccc2CN1. The molecule has 0 saturated carbocycles. The van der Waals surface area contributed by atoms with Gasteiger partial charge in [0.05, 0.1) is 6.61 Å². The van der Waals surface area contributed by atoms with Gasteiger partial charge in [-0.25, -0.2) is 4.39 Å². The van der Waals surface area contributed by atoms with Crippen LogP contribution in [-0.2, 0) is 13.0 Å². The molecule has 0 amide bonds. The van der Waals surface area contributed by atoms with E-state index >= 15 is 0 Å². The summed E-state index contributed by atoms with van der Waals surface area (Å²) in [6, 6.07) is 4.90. The minimum atomic E-state index is -0.197. The van der Waals surface area contributed by atoms with Gasteiger partial charge in [0.15, 0.2) is 0 Å². The molecule has 1 aliphatic rings. The van der Waals surface area contributed by atoms with Crippen LogP contribution in [-0.4, -0.2) is 17.8 Å². The number of hydrogen-bond donors (Lipinski definition) is 2. The molecule has 1 aliphatic heterocycles. The van der Waals surface area contributed by atoms with Gasteiger partial charge >= 0.3 is 0 Å². The van der Waals surface area contributed by atoms with E-state index in [1.165, 1.54) is 6.07 Å². The Morgan fingerprint density at radius 2 is 2.31 bits per heavy atom. The van der Waals surface area contributed by atoms with E-state index in [4.69, 9.17) is 5.11 Å². The second-order valence-corrected chi connectivity index (χ2v) is 3.38. The van der Waals surface area contributed by atoms with Crippen LogP contribution in [0.2, 0.25) is 0 Å². The van der Waals surface area contributed by atoms with E-state index in [0.29, 0.717) is 6.42 Å². The first-order chi connectivity index (χ1) is 6.29. The first-order valence-electron chi connectivity index (χ1n) is 4.41. The predicted octanol–water partition coefficient (Wildman–Crippen LogP) is 0.832. The Morgan fingerprint density at radius 1 is 1.46 bits per heavy atom. The molecule has 1 aromatic carbocycles. The maximum absolute atomic E-state index is 12.8. The molecule has 0 fully saturated rings. The number of nitrogens with one attached hydrogen (secondary N) is 1. The summed E-state index contributed by atoms with van der Waals surface area (Å²) >= 11 is 0. The Kier molecular flexibility index (Phi) is 2.29. The van der Waals surface area contributed by atoms with Crippen molar-refractivity contribution in [2.24, 2.45) is 0 Å². The Labute approximate surface area is 76.4 Å². The fourth-order valence-electron chi connectivity index (χ4n) is 1.68. The minimum Gasteiger partial charge on any atom is -0.395 e. The van der Waals surface area contributed by atoms with Crippen molar-refractivity contribution in [3.63, 3.8) is 0 Å². The van der Waals surface area contributed by atoms with Gasteiger partial charge in [0, 0.05) is 12.6 Å². The molecule has 1 atom stereocenters. The fraction of sp³-hybridized carbons (Fsp3) is 0.400. The second kappa shape index (κ2) is 3.44. The van der Waals surface area contributed by atoms with Crippen LogP contribution in [0.25, 0.3) is 0 Å². The molecule has 1 heterocycles. The van der Waals surface area contributed by atoms with E-state index in [0.717, 1.165) is 17.7 Å². The van der Waals surface area contributed by atoms with Gasteiger partial charge in [-0.05, 0) is 29.7 Å². The molecule has 70 valence electrons. The molecule has 0 radical (unpaired) electrons. The highest BCUT2D eigenvalue weighted by atomic mass is 19.1. The highest BCUT2D eigenvalue weighted by Crippen LogP contribution is 2.17. The van der Waals surface area contributed by atoms with Crippen LogP contribution in [0.3, 0.4) is 0 Å². The predicted molar refractivity (Wildman–Crippen MR) is 47.8 cm³/mol. The summed E-state index contributed by atoms with van der Waals surface area (Å²) in [6.07, 6.45) is 0.712. The summed E-state index contributed by atoms with van der Waals surface area (Å²) in [5, 5.41) is 12.1. The summed E-state index contributed by atoms with van der Waals surface area (Å²) < 4.78 is 12.8. The molecule has 2 N–H and O–H groups in total. The van der Waals surface area contributed by atoms with Gasteiger partial charge < -0.3 is 10.4 Å². The molecule has 13 heavy (non-hydrogen) atoms. The van der Waals surface area contributed by atoms with Crippen LogP contribution in [0.1, 0.15) is 11.1 Å². The molecular weight excluding hydrogens is 169 g/mol. The van der Waals surface area contributed by atoms with Crippen molar-refractivity contribution in [1.29, 1.82) is 0 Å². The topological polar surface area (TPSA) is 32.3 Å². The standard InChI is InChI=1S/C10H12FNO/c11-9-2-1-7-5-12-10(6-13)4-8(7)3-9/h1-3,10,12-13H,4-6H2/t10-/m0/s1. The summed E-state index contributed by atoms with van der Waals surface area (Å²) in [5.41, 5.74) is 2.14. The van der Waals surface area contributed by atoms with Gasteiger partial charge in [-0.1, -0.05) is 6.07 Å². The molecule has 0 saturated heterocycles. The lowest BCUT2D eigenvalue weighted by Crippen LogP contribution is -2.38. The van der Waals surface area contributed by atoms with Crippen molar-refractivity contribution in [3.8, 4) is 0 Å². The van der Waals surface area contributed by atoms with Crippen LogP contribution in [0, 0.1) is 5.82 Å². The lowest BCUT2D eigenvalue weighted by Gasteiger charge is -2.24. The van der Waals surface area contributed by atoms with Crippen molar-refractivity contribution >= 4 is 0 Å². The van der Waals surface area contributed by atoms with Gasteiger partial charge in [-0.2, -0.15) is 0 Å². The molecule has 3 heteroatoms. The fourth-order valence-corrected chi connectivity index (χ4v) is 1.68. The number of benzene rings is 1. The highest BCUT2D eigenvalue weighted by molar-refractivity contribution is 5.30. The molecule has 2 rings (SSSR count). The van der Waals surface area contributed by atoms with E-state index in [9.17, 15) is 4.39 Å². The summed E-state index contributed by atoms with van der Waals surface area (Å²) in [5.74, 6) is -0.197. The molecular formula is C10H12FNO. The van der Waals surface area contributed by atoms with E-state index in [-0.39, 0.29) is 18.5 Å². The van der Waals surface area contributed by atoms with Crippen molar-refractivity contribution in [1.82, 2.24) is 5.32 Å². The Bertz CT molecular complexity index is 314. The molecule has 0 bridgehead atoms. The molecule has 1 aromatic rings. The van der Waals surface area contributed by atoms with Gasteiger partial charge in [0.2, 0.25) is 0 Å². The van der Waals surface area contributed by atoms with E-state index < -0.39 is 0 Å². The minimum absolute atomic E-state index is 0.0781. The zero-order chi connectivity index (χ0) is 9.26. The Balaban J connectivity index is 2.27. The third kappa shape index (κ3) is 1.71. The van der Waals surface area contributed by atoms with E-state index in [2.05, 4.69) is 5.32 Å².